The van der Waals surface area contributed by atoms with Gasteiger partial charge in [-0.1, -0.05) is 85.0 Å². The van der Waals surface area contributed by atoms with E-state index in [2.05, 4.69) is 20.8 Å². The Morgan fingerprint density at radius 1 is 0.643 bits per heavy atom. The maximum absolute atomic E-state index is 11.7. The first-order valence-corrected chi connectivity index (χ1v) is 11.9. The Hall–Kier alpha value is -1.06. The van der Waals surface area contributed by atoms with Gasteiger partial charge in [-0.2, -0.15) is 0 Å². The van der Waals surface area contributed by atoms with Crippen molar-refractivity contribution in [3.63, 3.8) is 0 Å². The predicted octanol–water partition coefficient (Wildman–Crippen LogP) is 6.99. The Balaban J connectivity index is 3.34. The van der Waals surface area contributed by atoms with Crippen LogP contribution in [0.5, 0.6) is 0 Å². The zero-order valence-electron chi connectivity index (χ0n) is 18.9. The predicted molar refractivity (Wildman–Crippen MR) is 116 cm³/mol. The minimum absolute atomic E-state index is 0.101. The number of carbonyl (C=O) groups is 2. The Labute approximate surface area is 174 Å². The summed E-state index contributed by atoms with van der Waals surface area (Å²) in [5.41, 5.74) is 0. The molecule has 0 aromatic rings. The monoisotopic (exact) mass is 398 g/mol. The summed E-state index contributed by atoms with van der Waals surface area (Å²) in [4.78, 5) is 23.4. The number of rotatable bonds is 20. The first-order valence-electron chi connectivity index (χ1n) is 11.9. The minimum atomic E-state index is -0.115. The van der Waals surface area contributed by atoms with E-state index in [0.29, 0.717) is 32.0 Å². The maximum atomic E-state index is 11.7. The summed E-state index contributed by atoms with van der Waals surface area (Å²) in [5.74, 6) is 0.223. The van der Waals surface area contributed by atoms with E-state index in [9.17, 15) is 9.59 Å². The van der Waals surface area contributed by atoms with Crippen LogP contribution in [0.3, 0.4) is 0 Å². The molecule has 0 aliphatic rings. The first kappa shape index (κ1) is 26.9. The summed E-state index contributed by atoms with van der Waals surface area (Å²) in [5, 5.41) is 0. The Bertz CT molecular complexity index is 368. The summed E-state index contributed by atoms with van der Waals surface area (Å²) in [6, 6.07) is 0. The largest absolute Gasteiger partial charge is 0.466 e. The summed E-state index contributed by atoms with van der Waals surface area (Å²) in [6.07, 6.45) is 17.0. The molecule has 0 bridgehead atoms. The molecule has 0 heterocycles. The second-order valence-corrected chi connectivity index (χ2v) is 8.19. The van der Waals surface area contributed by atoms with E-state index in [0.717, 1.165) is 44.9 Å². The van der Waals surface area contributed by atoms with Crippen LogP contribution in [0, 0.1) is 5.92 Å². The average molecular weight is 399 g/mol. The maximum Gasteiger partial charge on any atom is 0.305 e. The van der Waals surface area contributed by atoms with Gasteiger partial charge in [0.05, 0.1) is 13.2 Å². The Morgan fingerprint density at radius 2 is 1.14 bits per heavy atom. The molecule has 4 heteroatoms. The van der Waals surface area contributed by atoms with E-state index >= 15 is 0 Å². The molecule has 1 unspecified atom stereocenters. The molecule has 0 spiro atoms. The third kappa shape index (κ3) is 19.7. The summed E-state index contributed by atoms with van der Waals surface area (Å²) in [7, 11) is 0. The van der Waals surface area contributed by atoms with Gasteiger partial charge in [-0.05, 0) is 31.6 Å². The zero-order valence-corrected chi connectivity index (χ0v) is 18.9. The highest BCUT2D eigenvalue weighted by molar-refractivity contribution is 5.69. The zero-order chi connectivity index (χ0) is 20.9. The first-order chi connectivity index (χ1) is 13.6. The molecule has 0 amide bonds. The van der Waals surface area contributed by atoms with Gasteiger partial charge in [0, 0.05) is 12.8 Å². The molecular weight excluding hydrogens is 352 g/mol. The molecule has 0 N–H and O–H groups in total. The number of carbonyl (C=O) groups excluding carboxylic acids is 2. The van der Waals surface area contributed by atoms with Gasteiger partial charge in [-0.25, -0.2) is 0 Å². The van der Waals surface area contributed by atoms with Crippen molar-refractivity contribution in [3.05, 3.63) is 0 Å². The highest BCUT2D eigenvalue weighted by Gasteiger charge is 2.07. The lowest BCUT2D eigenvalue weighted by Gasteiger charge is -2.10. The topological polar surface area (TPSA) is 52.6 Å². The fraction of sp³-hybridized carbons (Fsp3) is 0.917. The lowest BCUT2D eigenvalue weighted by Crippen LogP contribution is -2.11. The van der Waals surface area contributed by atoms with Crippen molar-refractivity contribution in [1.29, 1.82) is 0 Å². The molecule has 0 radical (unpaired) electrons. The van der Waals surface area contributed by atoms with E-state index < -0.39 is 0 Å². The van der Waals surface area contributed by atoms with Gasteiger partial charge in [-0.3, -0.25) is 9.59 Å². The van der Waals surface area contributed by atoms with Crippen LogP contribution in [0.4, 0.5) is 0 Å². The third-order valence-electron chi connectivity index (χ3n) is 5.08. The summed E-state index contributed by atoms with van der Waals surface area (Å²) < 4.78 is 10.6. The number of hydrogen-bond donors (Lipinski definition) is 0. The van der Waals surface area contributed by atoms with Crippen molar-refractivity contribution in [3.8, 4) is 0 Å². The molecule has 0 aromatic heterocycles. The van der Waals surface area contributed by atoms with Gasteiger partial charge >= 0.3 is 11.9 Å². The summed E-state index contributed by atoms with van der Waals surface area (Å²) >= 11 is 0. The molecule has 0 rings (SSSR count). The van der Waals surface area contributed by atoms with Crippen LogP contribution < -0.4 is 0 Å². The number of ether oxygens (including phenoxy) is 2. The standard InChI is InChI=1S/C24H46O4/c1-4-6-7-8-9-10-11-12-16-20-27-23(25)18-14-13-15-19-24(26)28-21-22(3)17-5-2/h22H,4-21H2,1-3H3. The molecule has 0 saturated heterocycles. The lowest BCUT2D eigenvalue weighted by atomic mass is 10.1. The lowest BCUT2D eigenvalue weighted by molar-refractivity contribution is -0.145. The smallest absolute Gasteiger partial charge is 0.305 e. The number of hydrogen-bond acceptors (Lipinski definition) is 4. The molecule has 0 aliphatic carbocycles. The second-order valence-electron chi connectivity index (χ2n) is 8.19. The van der Waals surface area contributed by atoms with Gasteiger partial charge in [0.25, 0.3) is 0 Å². The van der Waals surface area contributed by atoms with Crippen molar-refractivity contribution in [2.24, 2.45) is 5.92 Å². The van der Waals surface area contributed by atoms with Crippen molar-refractivity contribution >= 4 is 11.9 Å². The molecule has 0 aliphatic heterocycles. The van der Waals surface area contributed by atoms with Crippen LogP contribution in [-0.2, 0) is 19.1 Å². The van der Waals surface area contributed by atoms with Crippen molar-refractivity contribution in [2.45, 2.75) is 124 Å². The van der Waals surface area contributed by atoms with Crippen LogP contribution in [0.15, 0.2) is 0 Å². The van der Waals surface area contributed by atoms with Crippen molar-refractivity contribution in [1.82, 2.24) is 0 Å². The van der Waals surface area contributed by atoms with Crippen LogP contribution in [0.2, 0.25) is 0 Å². The van der Waals surface area contributed by atoms with Gasteiger partial charge in [0.1, 0.15) is 0 Å². The minimum Gasteiger partial charge on any atom is -0.466 e. The molecular formula is C24H46O4. The van der Waals surface area contributed by atoms with Crippen LogP contribution in [0.25, 0.3) is 0 Å². The Kier molecular flexibility index (Phi) is 19.9. The van der Waals surface area contributed by atoms with E-state index in [1.807, 2.05) is 0 Å². The van der Waals surface area contributed by atoms with Gasteiger partial charge in [0.2, 0.25) is 0 Å². The molecule has 0 aromatic carbocycles. The molecule has 4 nitrogen and oxygen atoms in total. The SMILES string of the molecule is CCCCCCCCCCCOC(=O)CCCCCC(=O)OCC(C)CCC. The number of esters is 2. The molecule has 1 atom stereocenters. The third-order valence-corrected chi connectivity index (χ3v) is 5.08. The van der Waals surface area contributed by atoms with Crippen molar-refractivity contribution in [2.75, 3.05) is 13.2 Å². The Morgan fingerprint density at radius 3 is 1.71 bits per heavy atom. The highest BCUT2D eigenvalue weighted by atomic mass is 16.5. The van der Waals surface area contributed by atoms with Crippen LogP contribution in [0.1, 0.15) is 124 Å². The van der Waals surface area contributed by atoms with Crippen molar-refractivity contribution < 1.29 is 19.1 Å². The fourth-order valence-electron chi connectivity index (χ4n) is 3.27. The normalized spacial score (nSPS) is 12.0. The van der Waals surface area contributed by atoms with Gasteiger partial charge in [0.15, 0.2) is 0 Å². The van der Waals surface area contributed by atoms with Gasteiger partial charge < -0.3 is 9.47 Å². The molecule has 0 saturated carbocycles. The van der Waals surface area contributed by atoms with E-state index in [4.69, 9.17) is 9.47 Å². The van der Waals surface area contributed by atoms with Crippen LogP contribution in [-0.4, -0.2) is 25.2 Å². The quantitative estimate of drug-likeness (QED) is 0.164. The van der Waals surface area contributed by atoms with E-state index in [-0.39, 0.29) is 11.9 Å². The number of unbranched alkanes of at least 4 members (excludes halogenated alkanes) is 10. The highest BCUT2D eigenvalue weighted by Crippen LogP contribution is 2.11. The average Bonchev–Trinajstić information content (AvgIpc) is 2.67. The van der Waals surface area contributed by atoms with E-state index in [1.54, 1.807) is 0 Å². The molecule has 166 valence electrons. The molecule has 28 heavy (non-hydrogen) atoms. The van der Waals surface area contributed by atoms with Crippen LogP contribution >= 0.6 is 0 Å². The summed E-state index contributed by atoms with van der Waals surface area (Å²) in [6.45, 7) is 7.57. The fourth-order valence-corrected chi connectivity index (χ4v) is 3.27. The molecule has 0 fully saturated rings. The van der Waals surface area contributed by atoms with E-state index in [1.165, 1.54) is 44.9 Å². The second kappa shape index (κ2) is 20.7. The van der Waals surface area contributed by atoms with Gasteiger partial charge in [-0.15, -0.1) is 0 Å².